The smallest absolute Gasteiger partial charge is 0.340 e. The summed E-state index contributed by atoms with van der Waals surface area (Å²) in [5.41, 5.74) is -1.52. The fourth-order valence-electron chi connectivity index (χ4n) is 1.45. The number of carbonyl (C=O) groups excluding carboxylic acids is 1. The number of carboxylic acid groups (broad SMARTS) is 1. The number of amides is 1. The molecule has 134 valence electrons. The fraction of sp³-hybridized carbons (Fsp3) is 0.500. The summed E-state index contributed by atoms with van der Waals surface area (Å²) in [6.07, 6.45) is -2.78. The largest absolute Gasteiger partial charge is 0.480 e. The Balaban J connectivity index is 2.74. The lowest BCUT2D eigenvalue weighted by Crippen LogP contribution is -2.51. The molecule has 1 aromatic rings. The topological polar surface area (TPSA) is 88.5 Å². The fourth-order valence-corrected chi connectivity index (χ4v) is 1.45. The van der Waals surface area contributed by atoms with Gasteiger partial charge in [0.1, 0.15) is 5.54 Å². The second-order valence-electron chi connectivity index (χ2n) is 5.18. The summed E-state index contributed by atoms with van der Waals surface area (Å²) in [6, 6.07) is 2.19. The first kappa shape index (κ1) is 19.7. The first-order chi connectivity index (χ1) is 11.0. The molecular formula is C14H16F4N2O4. The van der Waals surface area contributed by atoms with Crippen LogP contribution in [-0.4, -0.2) is 46.5 Å². The molecule has 0 radical (unpaired) electrons. The van der Waals surface area contributed by atoms with Crippen LogP contribution in [0.4, 0.5) is 17.6 Å². The molecule has 1 aromatic heterocycles. The van der Waals surface area contributed by atoms with Gasteiger partial charge in [-0.15, -0.1) is 0 Å². The third-order valence-electron chi connectivity index (χ3n) is 3.30. The third-order valence-corrected chi connectivity index (χ3v) is 3.30. The van der Waals surface area contributed by atoms with E-state index in [1.165, 1.54) is 6.92 Å². The molecule has 0 aliphatic rings. The molecule has 0 spiro atoms. The second-order valence-corrected chi connectivity index (χ2v) is 5.18. The lowest BCUT2D eigenvalue weighted by Gasteiger charge is -2.24. The highest BCUT2D eigenvalue weighted by Crippen LogP contribution is 2.23. The predicted molar refractivity (Wildman–Crippen MR) is 74.5 cm³/mol. The van der Waals surface area contributed by atoms with E-state index in [-0.39, 0.29) is 17.9 Å². The molecule has 24 heavy (non-hydrogen) atoms. The Morgan fingerprint density at radius 2 is 2.00 bits per heavy atom. The van der Waals surface area contributed by atoms with Gasteiger partial charge in [-0.2, -0.15) is 8.78 Å². The average molecular weight is 352 g/mol. The van der Waals surface area contributed by atoms with Gasteiger partial charge in [-0.25, -0.2) is 18.6 Å². The predicted octanol–water partition coefficient (Wildman–Crippen LogP) is 2.34. The van der Waals surface area contributed by atoms with Crippen molar-refractivity contribution >= 4 is 11.9 Å². The van der Waals surface area contributed by atoms with E-state index >= 15 is 0 Å². The normalized spacial score (nSPS) is 14.1. The molecule has 6 nitrogen and oxygen atoms in total. The van der Waals surface area contributed by atoms with E-state index in [1.807, 2.05) is 0 Å². The Morgan fingerprint density at radius 3 is 2.42 bits per heavy atom. The van der Waals surface area contributed by atoms with Crippen molar-refractivity contribution in [3.05, 3.63) is 23.9 Å². The maximum absolute atomic E-state index is 12.7. The molecule has 0 saturated carbocycles. The van der Waals surface area contributed by atoms with Crippen molar-refractivity contribution in [2.45, 2.75) is 38.2 Å². The van der Waals surface area contributed by atoms with Gasteiger partial charge < -0.3 is 15.2 Å². The molecule has 0 aliphatic carbocycles. The highest BCUT2D eigenvalue weighted by Gasteiger charge is 2.41. The van der Waals surface area contributed by atoms with Crippen LogP contribution in [0.1, 0.15) is 30.6 Å². The number of nitrogens with one attached hydrogen (secondary N) is 1. The maximum atomic E-state index is 12.7. The van der Waals surface area contributed by atoms with Crippen molar-refractivity contribution in [3.8, 4) is 5.88 Å². The van der Waals surface area contributed by atoms with Gasteiger partial charge in [-0.1, -0.05) is 6.92 Å². The SMILES string of the molecule is CCC(C)(NC(=O)c1ccc(OCC(F)(F)C(F)F)nc1)C(=O)O. The van der Waals surface area contributed by atoms with Crippen molar-refractivity contribution in [1.29, 1.82) is 0 Å². The van der Waals surface area contributed by atoms with Crippen molar-refractivity contribution in [2.24, 2.45) is 0 Å². The number of hydrogen-bond acceptors (Lipinski definition) is 4. The minimum absolute atomic E-state index is 0.0381. The minimum atomic E-state index is -4.32. The number of aliphatic carboxylic acids is 1. The third kappa shape index (κ3) is 4.80. The zero-order valence-electron chi connectivity index (χ0n) is 12.9. The summed E-state index contributed by atoms with van der Waals surface area (Å²) in [7, 11) is 0. The first-order valence-electron chi connectivity index (χ1n) is 6.82. The molecule has 0 aliphatic heterocycles. The Labute approximate surface area is 134 Å². The number of pyridine rings is 1. The van der Waals surface area contributed by atoms with E-state index in [2.05, 4.69) is 15.0 Å². The highest BCUT2D eigenvalue weighted by atomic mass is 19.3. The van der Waals surface area contributed by atoms with Gasteiger partial charge in [0.15, 0.2) is 6.61 Å². The Bertz CT molecular complexity index is 595. The zero-order valence-corrected chi connectivity index (χ0v) is 12.9. The van der Waals surface area contributed by atoms with Crippen molar-refractivity contribution < 1.29 is 37.0 Å². The quantitative estimate of drug-likeness (QED) is 0.701. The lowest BCUT2D eigenvalue weighted by molar-refractivity contribution is -0.148. The molecule has 1 unspecified atom stereocenters. The van der Waals surface area contributed by atoms with E-state index in [0.717, 1.165) is 18.3 Å². The molecule has 1 amide bonds. The van der Waals surface area contributed by atoms with Crippen LogP contribution in [-0.2, 0) is 4.79 Å². The molecule has 1 atom stereocenters. The second kappa shape index (κ2) is 7.45. The Hall–Kier alpha value is -2.39. The summed E-state index contributed by atoms with van der Waals surface area (Å²) >= 11 is 0. The number of aromatic nitrogens is 1. The van der Waals surface area contributed by atoms with Crippen molar-refractivity contribution in [1.82, 2.24) is 10.3 Å². The van der Waals surface area contributed by atoms with Gasteiger partial charge in [0, 0.05) is 12.3 Å². The van der Waals surface area contributed by atoms with Gasteiger partial charge in [0.05, 0.1) is 5.56 Å². The number of rotatable bonds is 8. The standard InChI is InChI=1S/C14H16F4N2O4/c1-3-13(2,12(22)23)20-10(21)8-4-5-9(19-6-8)24-7-14(17,18)11(15)16/h4-6,11H,3,7H2,1-2H3,(H,20,21)(H,22,23). The van der Waals surface area contributed by atoms with Crippen LogP contribution in [0, 0.1) is 0 Å². The van der Waals surface area contributed by atoms with Crippen LogP contribution < -0.4 is 10.1 Å². The van der Waals surface area contributed by atoms with Gasteiger partial charge in [-0.3, -0.25) is 4.79 Å². The van der Waals surface area contributed by atoms with Crippen molar-refractivity contribution in [2.75, 3.05) is 6.61 Å². The van der Waals surface area contributed by atoms with Crippen LogP contribution in [0.15, 0.2) is 18.3 Å². The van der Waals surface area contributed by atoms with Crippen molar-refractivity contribution in [3.63, 3.8) is 0 Å². The molecule has 1 heterocycles. The van der Waals surface area contributed by atoms with Crippen LogP contribution in [0.2, 0.25) is 0 Å². The number of nitrogens with zero attached hydrogens (tertiary/aromatic N) is 1. The molecule has 2 N–H and O–H groups in total. The first-order valence-corrected chi connectivity index (χ1v) is 6.82. The summed E-state index contributed by atoms with van der Waals surface area (Å²) in [5, 5.41) is 11.4. The minimum Gasteiger partial charge on any atom is -0.480 e. The van der Waals surface area contributed by atoms with Gasteiger partial charge in [0.25, 0.3) is 5.91 Å². The van der Waals surface area contributed by atoms with Crippen LogP contribution >= 0.6 is 0 Å². The summed E-state index contributed by atoms with van der Waals surface area (Å²) in [4.78, 5) is 26.6. The number of carboxylic acids is 1. The average Bonchev–Trinajstić information content (AvgIpc) is 2.52. The molecule has 0 bridgehead atoms. The number of halogens is 4. The van der Waals surface area contributed by atoms with E-state index in [9.17, 15) is 27.2 Å². The van der Waals surface area contributed by atoms with E-state index in [1.54, 1.807) is 6.92 Å². The van der Waals surface area contributed by atoms with Crippen LogP contribution in [0.5, 0.6) is 5.88 Å². The van der Waals surface area contributed by atoms with Crippen LogP contribution in [0.25, 0.3) is 0 Å². The molecule has 1 rings (SSSR count). The summed E-state index contributed by atoms with van der Waals surface area (Å²) < 4.78 is 53.9. The molecule has 10 heteroatoms. The zero-order chi connectivity index (χ0) is 18.5. The number of ether oxygens (including phenoxy) is 1. The van der Waals surface area contributed by atoms with E-state index in [0.29, 0.717) is 0 Å². The molecular weight excluding hydrogens is 336 g/mol. The molecule has 0 fully saturated rings. The highest BCUT2D eigenvalue weighted by molar-refractivity contribution is 5.97. The van der Waals surface area contributed by atoms with Crippen LogP contribution in [0.3, 0.4) is 0 Å². The number of alkyl halides is 4. The Kier molecular flexibility index (Phi) is 6.10. The van der Waals surface area contributed by atoms with Gasteiger partial charge >= 0.3 is 18.3 Å². The van der Waals surface area contributed by atoms with Gasteiger partial charge in [-0.05, 0) is 19.4 Å². The maximum Gasteiger partial charge on any atom is 0.340 e. The number of hydrogen-bond donors (Lipinski definition) is 2. The number of carbonyl (C=O) groups is 2. The molecule has 0 aromatic carbocycles. The van der Waals surface area contributed by atoms with E-state index < -0.39 is 36.4 Å². The lowest BCUT2D eigenvalue weighted by atomic mass is 9.99. The summed E-state index contributed by atoms with van der Waals surface area (Å²) in [6.45, 7) is 1.34. The van der Waals surface area contributed by atoms with E-state index in [4.69, 9.17) is 5.11 Å². The monoisotopic (exact) mass is 352 g/mol. The summed E-state index contributed by atoms with van der Waals surface area (Å²) in [5.74, 6) is -6.65. The van der Waals surface area contributed by atoms with Gasteiger partial charge in [0.2, 0.25) is 5.88 Å². The Morgan fingerprint density at radius 1 is 1.38 bits per heavy atom. The molecule has 0 saturated heterocycles.